The number of fused-ring (bicyclic) bond motifs is 4. The molecule has 2 aromatic carbocycles. The number of piperazine rings is 1. The summed E-state index contributed by atoms with van der Waals surface area (Å²) in [5.41, 5.74) is 5.24. The van der Waals surface area contributed by atoms with Crippen LogP contribution >= 0.6 is 0 Å². The first-order valence-corrected chi connectivity index (χ1v) is 13.2. The average Bonchev–Trinajstić information content (AvgIpc) is 3.57. The summed E-state index contributed by atoms with van der Waals surface area (Å²) in [5, 5.41) is 4.82. The number of ether oxygens (including phenoxy) is 1. The Hall–Kier alpha value is -3.23. The van der Waals surface area contributed by atoms with E-state index in [2.05, 4.69) is 68.5 Å². The van der Waals surface area contributed by atoms with Crippen LogP contribution in [0.5, 0.6) is 6.01 Å². The average molecular weight is 484 g/mol. The zero-order chi connectivity index (χ0) is 24.2. The summed E-state index contributed by atoms with van der Waals surface area (Å²) in [5.74, 6) is 1.93. The molecule has 3 saturated heterocycles. The van der Waals surface area contributed by atoms with Crippen molar-refractivity contribution in [2.45, 2.75) is 50.7 Å². The van der Waals surface area contributed by atoms with Crippen LogP contribution in [0.4, 0.5) is 5.82 Å². The molecule has 0 amide bonds. The summed E-state index contributed by atoms with van der Waals surface area (Å²) in [4.78, 5) is 22.6. The molecule has 186 valence electrons. The van der Waals surface area contributed by atoms with Gasteiger partial charge in [0.15, 0.2) is 0 Å². The first-order chi connectivity index (χ1) is 17.6. The Morgan fingerprint density at radius 1 is 0.944 bits per heavy atom. The summed E-state index contributed by atoms with van der Waals surface area (Å²) in [6, 6.07) is 14.9. The fraction of sp³-hybridized carbons (Fsp3) is 0.464. The Balaban J connectivity index is 1.28. The standard InChI is InChI=1S/C28H33N7O/c1-17-29-24-10-6-19(13-26(24)30-17)18-5-9-23-25(12-18)32-28(36-16-22-4-3-11-34(22)2)33-27(23)35-14-20-7-8-21(15-35)31-20/h5-6,9-10,12-13,20-22,31H,3-4,7-8,11,14-16H2,1-2H3,(H,29,30)/t20?,21?,22-/m0/s1. The Labute approximate surface area is 211 Å². The topological polar surface area (TPSA) is 82.2 Å². The number of nitrogens with one attached hydrogen (secondary N) is 2. The van der Waals surface area contributed by atoms with Gasteiger partial charge in [-0.15, -0.1) is 0 Å². The number of H-pyrrole nitrogens is 1. The smallest absolute Gasteiger partial charge is 0.319 e. The van der Waals surface area contributed by atoms with Crippen LogP contribution in [0.15, 0.2) is 36.4 Å². The van der Waals surface area contributed by atoms with E-state index in [9.17, 15) is 0 Å². The van der Waals surface area contributed by atoms with E-state index in [0.29, 0.717) is 30.7 Å². The van der Waals surface area contributed by atoms with E-state index in [1.165, 1.54) is 19.3 Å². The Bertz CT molecular complexity index is 1420. The van der Waals surface area contributed by atoms with Crippen molar-refractivity contribution in [1.82, 2.24) is 30.2 Å². The molecule has 0 radical (unpaired) electrons. The van der Waals surface area contributed by atoms with Gasteiger partial charge in [0, 0.05) is 36.6 Å². The molecular weight excluding hydrogens is 450 g/mol. The first kappa shape index (κ1) is 22.0. The van der Waals surface area contributed by atoms with Gasteiger partial charge in [0.25, 0.3) is 0 Å². The van der Waals surface area contributed by atoms with E-state index in [0.717, 1.165) is 70.8 Å². The van der Waals surface area contributed by atoms with Gasteiger partial charge in [-0.25, -0.2) is 4.98 Å². The summed E-state index contributed by atoms with van der Waals surface area (Å²) in [6.07, 6.45) is 4.86. The van der Waals surface area contributed by atoms with Gasteiger partial charge < -0.3 is 24.8 Å². The van der Waals surface area contributed by atoms with Crippen LogP contribution < -0.4 is 15.0 Å². The molecule has 8 nitrogen and oxygen atoms in total. The largest absolute Gasteiger partial charge is 0.462 e. The van der Waals surface area contributed by atoms with E-state index in [1.807, 2.05) is 6.92 Å². The lowest BCUT2D eigenvalue weighted by atomic mass is 10.0. The minimum absolute atomic E-state index is 0.429. The highest BCUT2D eigenvalue weighted by molar-refractivity contribution is 5.94. The van der Waals surface area contributed by atoms with Gasteiger partial charge in [-0.05, 0) is 81.6 Å². The molecule has 0 aliphatic carbocycles. The molecule has 7 rings (SSSR count). The predicted octanol–water partition coefficient (Wildman–Crippen LogP) is 3.90. The number of aromatic nitrogens is 4. The van der Waals surface area contributed by atoms with Crippen molar-refractivity contribution in [3.63, 3.8) is 0 Å². The van der Waals surface area contributed by atoms with Gasteiger partial charge in [0.05, 0.1) is 16.6 Å². The Morgan fingerprint density at radius 2 is 1.75 bits per heavy atom. The summed E-state index contributed by atoms with van der Waals surface area (Å²) < 4.78 is 6.26. The highest BCUT2D eigenvalue weighted by atomic mass is 16.5. The highest BCUT2D eigenvalue weighted by Gasteiger charge is 2.33. The van der Waals surface area contributed by atoms with Gasteiger partial charge in [0.2, 0.25) is 0 Å². The van der Waals surface area contributed by atoms with E-state index in [4.69, 9.17) is 14.7 Å². The van der Waals surface area contributed by atoms with Gasteiger partial charge in [-0.2, -0.15) is 9.97 Å². The number of aryl methyl sites for hydroxylation is 1. The second kappa shape index (κ2) is 8.71. The number of imidazole rings is 1. The number of aromatic amines is 1. The van der Waals surface area contributed by atoms with Crippen molar-refractivity contribution < 1.29 is 4.74 Å². The number of likely N-dealkylation sites (N-methyl/N-ethyl adjacent to an activating group) is 1. The number of anilines is 1. The summed E-state index contributed by atoms with van der Waals surface area (Å²) in [6.45, 7) is 5.70. The van der Waals surface area contributed by atoms with Gasteiger partial charge in [0.1, 0.15) is 18.2 Å². The minimum Gasteiger partial charge on any atom is -0.462 e. The third-order valence-electron chi connectivity index (χ3n) is 8.18. The Kier molecular flexibility index (Phi) is 5.32. The fourth-order valence-corrected chi connectivity index (χ4v) is 6.22. The molecule has 3 aliphatic heterocycles. The fourth-order valence-electron chi connectivity index (χ4n) is 6.22. The minimum atomic E-state index is 0.429. The van der Waals surface area contributed by atoms with E-state index in [-0.39, 0.29) is 0 Å². The summed E-state index contributed by atoms with van der Waals surface area (Å²) >= 11 is 0. The molecular formula is C28H33N7O. The number of nitrogens with zero attached hydrogens (tertiary/aromatic N) is 5. The maximum Gasteiger partial charge on any atom is 0.319 e. The molecule has 3 fully saturated rings. The number of benzene rings is 2. The zero-order valence-electron chi connectivity index (χ0n) is 21.0. The van der Waals surface area contributed by atoms with Crippen molar-refractivity contribution in [3.05, 3.63) is 42.2 Å². The molecule has 0 saturated carbocycles. The molecule has 3 aliphatic rings. The normalized spacial score (nSPS) is 24.3. The third kappa shape index (κ3) is 3.98. The predicted molar refractivity (Wildman–Crippen MR) is 143 cm³/mol. The second-order valence-electron chi connectivity index (χ2n) is 10.7. The van der Waals surface area contributed by atoms with E-state index >= 15 is 0 Å². The van der Waals surface area contributed by atoms with Gasteiger partial charge >= 0.3 is 6.01 Å². The lowest BCUT2D eigenvalue weighted by molar-refractivity contribution is 0.188. The molecule has 2 unspecified atom stereocenters. The molecule has 2 aromatic heterocycles. The number of hydrogen-bond donors (Lipinski definition) is 2. The third-order valence-corrected chi connectivity index (χ3v) is 8.18. The van der Waals surface area contributed by atoms with Crippen LogP contribution in [0.3, 0.4) is 0 Å². The maximum absolute atomic E-state index is 6.26. The number of hydrogen-bond acceptors (Lipinski definition) is 7. The molecule has 0 spiro atoms. The molecule has 2 N–H and O–H groups in total. The monoisotopic (exact) mass is 483 g/mol. The van der Waals surface area contributed by atoms with Crippen LogP contribution in [-0.4, -0.2) is 76.3 Å². The van der Waals surface area contributed by atoms with Crippen molar-refractivity contribution in [2.24, 2.45) is 0 Å². The molecule has 3 atom stereocenters. The van der Waals surface area contributed by atoms with Crippen molar-refractivity contribution in [1.29, 1.82) is 0 Å². The van der Waals surface area contributed by atoms with Crippen molar-refractivity contribution in [2.75, 3.05) is 38.2 Å². The summed E-state index contributed by atoms with van der Waals surface area (Å²) in [7, 11) is 2.18. The van der Waals surface area contributed by atoms with Crippen LogP contribution in [0.2, 0.25) is 0 Å². The van der Waals surface area contributed by atoms with E-state index < -0.39 is 0 Å². The van der Waals surface area contributed by atoms with Crippen LogP contribution in [0.1, 0.15) is 31.5 Å². The molecule has 8 heteroatoms. The van der Waals surface area contributed by atoms with Crippen molar-refractivity contribution >= 4 is 27.8 Å². The lowest BCUT2D eigenvalue weighted by Gasteiger charge is -2.34. The maximum atomic E-state index is 6.26. The Morgan fingerprint density at radius 3 is 2.56 bits per heavy atom. The quantitative estimate of drug-likeness (QED) is 0.446. The van der Waals surface area contributed by atoms with Crippen molar-refractivity contribution in [3.8, 4) is 17.1 Å². The molecule has 36 heavy (non-hydrogen) atoms. The van der Waals surface area contributed by atoms with Gasteiger partial charge in [-0.3, -0.25) is 0 Å². The molecule has 2 bridgehead atoms. The number of rotatable bonds is 5. The van der Waals surface area contributed by atoms with Crippen LogP contribution in [-0.2, 0) is 0 Å². The first-order valence-electron chi connectivity index (χ1n) is 13.2. The SMILES string of the molecule is Cc1nc2ccc(-c3ccc4c(N5CC6CCC(C5)N6)nc(OC[C@@H]5CCCN5C)nc4c3)cc2[nH]1. The zero-order valence-corrected chi connectivity index (χ0v) is 21.0. The molecule has 4 aromatic rings. The second-order valence-corrected chi connectivity index (χ2v) is 10.7. The van der Waals surface area contributed by atoms with E-state index in [1.54, 1.807) is 0 Å². The highest BCUT2D eigenvalue weighted by Crippen LogP contribution is 2.34. The van der Waals surface area contributed by atoms with Crippen LogP contribution in [0.25, 0.3) is 33.1 Å². The molecule has 5 heterocycles. The lowest BCUT2D eigenvalue weighted by Crippen LogP contribution is -2.51. The number of likely N-dealkylation sites (tertiary alicyclic amines) is 1. The van der Waals surface area contributed by atoms with Gasteiger partial charge in [-0.1, -0.05) is 12.1 Å². The van der Waals surface area contributed by atoms with Crippen LogP contribution in [0, 0.1) is 6.92 Å².